The highest BCUT2D eigenvalue weighted by Gasteiger charge is 2.22. The van der Waals surface area contributed by atoms with Crippen LogP contribution in [0.4, 0.5) is 14.9 Å². The number of nitrogens with one attached hydrogen (secondary N) is 1. The van der Waals surface area contributed by atoms with E-state index in [4.69, 9.17) is 0 Å². The summed E-state index contributed by atoms with van der Waals surface area (Å²) in [6.45, 7) is 2.14. The Morgan fingerprint density at radius 3 is 2.89 bits per heavy atom. The molecule has 1 N–H and O–H groups in total. The molecule has 4 heteroatoms. The second-order valence-corrected chi connectivity index (χ2v) is 5.28. The maximum absolute atomic E-state index is 13.6. The third kappa shape index (κ3) is 3.94. The topological polar surface area (TPSA) is 38.3 Å². The molecule has 19 heavy (non-hydrogen) atoms. The van der Waals surface area contributed by atoms with Gasteiger partial charge in [0.1, 0.15) is 5.82 Å². The molecule has 0 radical (unpaired) electrons. The molecule has 1 aliphatic carbocycles. The van der Waals surface area contributed by atoms with Gasteiger partial charge in [-0.2, -0.15) is 0 Å². The normalized spacial score (nSPS) is 15.9. The predicted octanol–water partition coefficient (Wildman–Crippen LogP) is 4.30. The highest BCUT2D eigenvalue weighted by Crippen LogP contribution is 2.36. The van der Waals surface area contributed by atoms with Crippen LogP contribution in [0.5, 0.6) is 0 Å². The summed E-state index contributed by atoms with van der Waals surface area (Å²) < 4.78 is 18.1. The maximum atomic E-state index is 13.6. The molecule has 0 saturated heterocycles. The summed E-state index contributed by atoms with van der Waals surface area (Å²) in [6, 6.07) is 4.88. The standard InChI is InChI=1S/C15H20FNO2/c1-10(3-4-11-5-6-11)12-7-8-13(16)14(9-12)17-15(18)19-2/h7-11H,3-6H2,1-2H3,(H,17,18). The van der Waals surface area contributed by atoms with Gasteiger partial charge in [0.25, 0.3) is 0 Å². The van der Waals surface area contributed by atoms with Crippen LogP contribution >= 0.6 is 0 Å². The summed E-state index contributed by atoms with van der Waals surface area (Å²) in [5, 5.41) is 2.40. The number of carbonyl (C=O) groups is 1. The van der Waals surface area contributed by atoms with Gasteiger partial charge in [-0.3, -0.25) is 5.32 Å². The third-order valence-corrected chi connectivity index (χ3v) is 3.69. The quantitative estimate of drug-likeness (QED) is 0.862. The van der Waals surface area contributed by atoms with E-state index < -0.39 is 11.9 Å². The van der Waals surface area contributed by atoms with Gasteiger partial charge in [0, 0.05) is 0 Å². The molecule has 0 heterocycles. The Hall–Kier alpha value is -1.58. The summed E-state index contributed by atoms with van der Waals surface area (Å²) >= 11 is 0. The van der Waals surface area contributed by atoms with Crippen molar-refractivity contribution in [2.45, 2.75) is 38.5 Å². The zero-order valence-electron chi connectivity index (χ0n) is 11.4. The minimum Gasteiger partial charge on any atom is -0.453 e. The second-order valence-electron chi connectivity index (χ2n) is 5.28. The number of benzene rings is 1. The summed E-state index contributed by atoms with van der Waals surface area (Å²) in [4.78, 5) is 11.1. The van der Waals surface area contributed by atoms with Gasteiger partial charge in [-0.05, 0) is 42.4 Å². The maximum Gasteiger partial charge on any atom is 0.411 e. The molecule has 1 unspecified atom stereocenters. The molecule has 0 aliphatic heterocycles. The SMILES string of the molecule is COC(=O)Nc1cc(C(C)CCC2CC2)ccc1F. The average molecular weight is 265 g/mol. The van der Waals surface area contributed by atoms with Gasteiger partial charge in [-0.15, -0.1) is 0 Å². The number of hydrogen-bond acceptors (Lipinski definition) is 2. The van der Waals surface area contributed by atoms with Crippen LogP contribution in [0.3, 0.4) is 0 Å². The van der Waals surface area contributed by atoms with E-state index in [0.29, 0.717) is 5.92 Å². The van der Waals surface area contributed by atoms with Crippen molar-refractivity contribution in [1.82, 2.24) is 0 Å². The average Bonchev–Trinajstić information content (AvgIpc) is 3.22. The van der Waals surface area contributed by atoms with Gasteiger partial charge >= 0.3 is 6.09 Å². The predicted molar refractivity (Wildman–Crippen MR) is 72.8 cm³/mol. The van der Waals surface area contributed by atoms with E-state index in [-0.39, 0.29) is 5.69 Å². The van der Waals surface area contributed by atoms with E-state index in [1.54, 1.807) is 12.1 Å². The molecule has 1 aromatic carbocycles. The molecule has 1 fully saturated rings. The van der Waals surface area contributed by atoms with Crippen LogP contribution in [0.1, 0.15) is 44.1 Å². The van der Waals surface area contributed by atoms with Crippen molar-refractivity contribution in [3.63, 3.8) is 0 Å². The minimum absolute atomic E-state index is 0.183. The van der Waals surface area contributed by atoms with Crippen LogP contribution in [-0.2, 0) is 4.74 Å². The van der Waals surface area contributed by atoms with Crippen molar-refractivity contribution in [2.75, 3.05) is 12.4 Å². The molecule has 2 rings (SSSR count). The molecule has 0 bridgehead atoms. The number of hydrogen-bond donors (Lipinski definition) is 1. The second kappa shape index (κ2) is 6.04. The first-order valence-electron chi connectivity index (χ1n) is 6.74. The fourth-order valence-corrected chi connectivity index (χ4v) is 2.17. The number of methoxy groups -OCH3 is 1. The Labute approximate surface area is 113 Å². The van der Waals surface area contributed by atoms with Crippen molar-refractivity contribution in [1.29, 1.82) is 0 Å². The number of halogens is 1. The molecule has 1 aromatic rings. The number of carbonyl (C=O) groups excluding carboxylic acids is 1. The fraction of sp³-hybridized carbons (Fsp3) is 0.533. The van der Waals surface area contributed by atoms with Gasteiger partial charge in [-0.25, -0.2) is 9.18 Å². The van der Waals surface area contributed by atoms with Gasteiger partial charge in [0.15, 0.2) is 0 Å². The van der Waals surface area contributed by atoms with Crippen molar-refractivity contribution in [3.8, 4) is 0 Å². The Kier molecular flexibility index (Phi) is 4.40. The lowest BCUT2D eigenvalue weighted by molar-refractivity contribution is 0.187. The molecule has 3 nitrogen and oxygen atoms in total. The Bertz CT molecular complexity index is 457. The largest absolute Gasteiger partial charge is 0.453 e. The van der Waals surface area contributed by atoms with Gasteiger partial charge in [0.2, 0.25) is 0 Å². The van der Waals surface area contributed by atoms with Crippen molar-refractivity contribution >= 4 is 11.8 Å². The summed E-state index contributed by atoms with van der Waals surface area (Å²) in [6.07, 6.45) is 4.39. The molecular weight excluding hydrogens is 245 g/mol. The van der Waals surface area contributed by atoms with Crippen molar-refractivity contribution in [3.05, 3.63) is 29.6 Å². The minimum atomic E-state index is -0.651. The smallest absolute Gasteiger partial charge is 0.411 e. The van der Waals surface area contributed by atoms with E-state index >= 15 is 0 Å². The lowest BCUT2D eigenvalue weighted by Gasteiger charge is -2.14. The molecule has 1 atom stereocenters. The number of rotatable bonds is 5. The Morgan fingerprint density at radius 1 is 1.53 bits per heavy atom. The molecule has 0 spiro atoms. The van der Waals surface area contributed by atoms with E-state index in [2.05, 4.69) is 17.0 Å². The van der Waals surface area contributed by atoms with Gasteiger partial charge in [0.05, 0.1) is 12.8 Å². The van der Waals surface area contributed by atoms with E-state index in [0.717, 1.165) is 17.9 Å². The van der Waals surface area contributed by atoms with Crippen molar-refractivity contribution in [2.24, 2.45) is 5.92 Å². The number of amides is 1. The first-order valence-corrected chi connectivity index (χ1v) is 6.74. The third-order valence-electron chi connectivity index (χ3n) is 3.69. The molecule has 1 aliphatic rings. The van der Waals surface area contributed by atoms with Crippen LogP contribution in [0.2, 0.25) is 0 Å². The monoisotopic (exact) mass is 265 g/mol. The highest BCUT2D eigenvalue weighted by molar-refractivity contribution is 5.84. The summed E-state index contributed by atoms with van der Waals surface area (Å²) in [7, 11) is 1.26. The lowest BCUT2D eigenvalue weighted by atomic mass is 9.94. The van der Waals surface area contributed by atoms with E-state index in [9.17, 15) is 9.18 Å². The van der Waals surface area contributed by atoms with E-state index in [1.165, 1.54) is 32.4 Å². The molecule has 104 valence electrons. The van der Waals surface area contributed by atoms with Crippen LogP contribution in [0.15, 0.2) is 18.2 Å². The lowest BCUT2D eigenvalue weighted by Crippen LogP contribution is -2.12. The Morgan fingerprint density at radius 2 is 2.26 bits per heavy atom. The van der Waals surface area contributed by atoms with E-state index in [1.807, 2.05) is 0 Å². The number of ether oxygens (including phenoxy) is 1. The summed E-state index contributed by atoms with van der Waals surface area (Å²) in [5.74, 6) is 0.832. The highest BCUT2D eigenvalue weighted by atomic mass is 19.1. The van der Waals surface area contributed by atoms with Gasteiger partial charge < -0.3 is 4.74 Å². The van der Waals surface area contributed by atoms with Crippen LogP contribution in [-0.4, -0.2) is 13.2 Å². The van der Waals surface area contributed by atoms with Crippen LogP contribution in [0, 0.1) is 11.7 Å². The summed E-state index contributed by atoms with van der Waals surface area (Å²) in [5.41, 5.74) is 1.23. The van der Waals surface area contributed by atoms with Gasteiger partial charge in [-0.1, -0.05) is 25.8 Å². The fourth-order valence-electron chi connectivity index (χ4n) is 2.17. The first kappa shape index (κ1) is 13.8. The first-order chi connectivity index (χ1) is 9.10. The number of anilines is 1. The zero-order valence-corrected chi connectivity index (χ0v) is 11.4. The molecule has 1 saturated carbocycles. The van der Waals surface area contributed by atoms with Crippen LogP contribution in [0.25, 0.3) is 0 Å². The molecule has 0 aromatic heterocycles. The van der Waals surface area contributed by atoms with Crippen LogP contribution < -0.4 is 5.32 Å². The Balaban J connectivity index is 2.03. The molecule has 1 amide bonds. The van der Waals surface area contributed by atoms with Crippen molar-refractivity contribution < 1.29 is 13.9 Å². The molecular formula is C15H20FNO2. The zero-order chi connectivity index (χ0) is 13.8.